The molecule has 3 atom stereocenters. The average Bonchev–Trinajstić information content (AvgIpc) is 2.96. The van der Waals surface area contributed by atoms with Crippen LogP contribution in [0.3, 0.4) is 0 Å². The Morgan fingerprint density at radius 2 is 2.33 bits per heavy atom. The summed E-state index contributed by atoms with van der Waals surface area (Å²) >= 11 is 0. The van der Waals surface area contributed by atoms with Crippen LogP contribution in [0.25, 0.3) is 0 Å². The molecule has 2 rings (SSSR count). The molecule has 0 aromatic carbocycles. The summed E-state index contributed by atoms with van der Waals surface area (Å²) in [7, 11) is 3.38. The van der Waals surface area contributed by atoms with Crippen molar-refractivity contribution in [3.05, 3.63) is 0 Å². The van der Waals surface area contributed by atoms with Crippen molar-refractivity contribution in [2.24, 2.45) is 5.92 Å². The van der Waals surface area contributed by atoms with Crippen LogP contribution in [0.15, 0.2) is 0 Å². The number of likely N-dealkylation sites (N-methyl/N-ethyl adjacent to an activating group) is 1. The number of rotatable bonds is 6. The van der Waals surface area contributed by atoms with E-state index in [2.05, 4.69) is 17.1 Å². The largest absolute Gasteiger partial charge is 0.468 e. The molecule has 0 spiro atoms. The lowest BCUT2D eigenvalue weighted by Crippen LogP contribution is -2.55. The van der Waals surface area contributed by atoms with Crippen LogP contribution >= 0.6 is 0 Å². The second-order valence-corrected chi connectivity index (χ2v) is 6.26. The van der Waals surface area contributed by atoms with Gasteiger partial charge in [0.1, 0.15) is 5.54 Å². The van der Waals surface area contributed by atoms with Gasteiger partial charge < -0.3 is 14.8 Å². The molecule has 5 nitrogen and oxygen atoms in total. The zero-order valence-electron chi connectivity index (χ0n) is 13.7. The van der Waals surface area contributed by atoms with Crippen molar-refractivity contribution >= 4 is 5.97 Å². The number of nitrogens with zero attached hydrogens (tertiary/aromatic N) is 1. The van der Waals surface area contributed by atoms with E-state index in [4.69, 9.17) is 9.47 Å². The molecular weight excluding hydrogens is 268 g/mol. The predicted molar refractivity (Wildman–Crippen MR) is 82.2 cm³/mol. The van der Waals surface area contributed by atoms with Gasteiger partial charge in [0.15, 0.2) is 0 Å². The van der Waals surface area contributed by atoms with Crippen LogP contribution in [0, 0.1) is 5.92 Å². The number of nitrogens with one attached hydrogen (secondary N) is 1. The van der Waals surface area contributed by atoms with E-state index in [0.29, 0.717) is 12.0 Å². The van der Waals surface area contributed by atoms with Gasteiger partial charge in [-0.1, -0.05) is 13.3 Å². The molecular formula is C16H30N2O3. The Morgan fingerprint density at radius 1 is 1.52 bits per heavy atom. The summed E-state index contributed by atoms with van der Waals surface area (Å²) in [4.78, 5) is 14.8. The van der Waals surface area contributed by atoms with Crippen LogP contribution in [0.5, 0.6) is 0 Å². The van der Waals surface area contributed by atoms with Gasteiger partial charge in [0, 0.05) is 12.6 Å². The molecule has 21 heavy (non-hydrogen) atoms. The molecule has 0 amide bonds. The Hall–Kier alpha value is -0.650. The van der Waals surface area contributed by atoms with Crippen LogP contribution in [-0.2, 0) is 14.3 Å². The number of carbonyl (C=O) groups excluding carboxylic acids is 1. The van der Waals surface area contributed by atoms with Gasteiger partial charge in [-0.3, -0.25) is 9.69 Å². The molecule has 122 valence electrons. The summed E-state index contributed by atoms with van der Waals surface area (Å²) in [6, 6.07) is 0.530. The van der Waals surface area contributed by atoms with Crippen molar-refractivity contribution in [2.75, 3.05) is 40.5 Å². The Bertz CT molecular complexity index is 350. The molecule has 2 fully saturated rings. The van der Waals surface area contributed by atoms with Crippen molar-refractivity contribution < 1.29 is 14.3 Å². The average molecular weight is 298 g/mol. The van der Waals surface area contributed by atoms with Crippen LogP contribution in [0.2, 0.25) is 0 Å². The summed E-state index contributed by atoms with van der Waals surface area (Å²) < 4.78 is 10.6. The zero-order chi connectivity index (χ0) is 15.3. The fourth-order valence-electron chi connectivity index (χ4n) is 4.03. The fraction of sp³-hybridized carbons (Fsp3) is 0.938. The van der Waals surface area contributed by atoms with Gasteiger partial charge in [-0.05, 0) is 45.2 Å². The second-order valence-electron chi connectivity index (χ2n) is 6.26. The molecule has 3 unspecified atom stereocenters. The van der Waals surface area contributed by atoms with E-state index in [1.807, 2.05) is 7.05 Å². The molecule has 1 N–H and O–H groups in total. The number of carbonyl (C=O) groups is 1. The molecule has 1 heterocycles. The van der Waals surface area contributed by atoms with Crippen molar-refractivity contribution in [3.8, 4) is 0 Å². The highest BCUT2D eigenvalue weighted by atomic mass is 16.5. The first-order chi connectivity index (χ1) is 10.2. The molecule has 0 aromatic heterocycles. The molecule has 1 aliphatic carbocycles. The van der Waals surface area contributed by atoms with E-state index in [9.17, 15) is 4.79 Å². The first-order valence-electron chi connectivity index (χ1n) is 8.27. The summed E-state index contributed by atoms with van der Waals surface area (Å²) in [6.45, 7) is 5.95. The lowest BCUT2D eigenvalue weighted by molar-refractivity contribution is -0.150. The van der Waals surface area contributed by atoms with Crippen molar-refractivity contribution in [2.45, 2.75) is 50.6 Å². The number of hydrogen-bond donors (Lipinski definition) is 1. The van der Waals surface area contributed by atoms with E-state index in [1.165, 1.54) is 7.11 Å². The standard InChI is InChI=1S/C16H30N2O3/c1-4-14-12-21-11-10-18(14)9-7-13-6-5-8-16(13,17-2)15(19)20-3/h13-14,17H,4-12H2,1-3H3. The molecule has 5 heteroatoms. The lowest BCUT2D eigenvalue weighted by atomic mass is 9.84. The number of methoxy groups -OCH3 is 1. The van der Waals surface area contributed by atoms with Crippen molar-refractivity contribution in [3.63, 3.8) is 0 Å². The van der Waals surface area contributed by atoms with E-state index in [0.717, 1.165) is 58.4 Å². The van der Waals surface area contributed by atoms with Gasteiger partial charge in [0.2, 0.25) is 0 Å². The van der Waals surface area contributed by atoms with E-state index >= 15 is 0 Å². The molecule has 1 saturated heterocycles. The summed E-state index contributed by atoms with van der Waals surface area (Å²) in [6.07, 6.45) is 5.27. The molecule has 0 radical (unpaired) electrons. The molecule has 1 aliphatic heterocycles. The van der Waals surface area contributed by atoms with Crippen LogP contribution in [-0.4, -0.2) is 62.9 Å². The normalized spacial score (nSPS) is 34.0. The topological polar surface area (TPSA) is 50.8 Å². The van der Waals surface area contributed by atoms with Crippen LogP contribution < -0.4 is 5.32 Å². The minimum Gasteiger partial charge on any atom is -0.468 e. The quantitative estimate of drug-likeness (QED) is 0.752. The van der Waals surface area contributed by atoms with Crippen LogP contribution in [0.1, 0.15) is 39.0 Å². The number of hydrogen-bond acceptors (Lipinski definition) is 5. The molecule has 1 saturated carbocycles. The Kier molecular flexibility index (Phi) is 6.02. The van der Waals surface area contributed by atoms with Crippen molar-refractivity contribution in [1.29, 1.82) is 0 Å². The van der Waals surface area contributed by atoms with E-state index in [-0.39, 0.29) is 5.97 Å². The SMILES string of the molecule is CCC1COCCN1CCC1CCCC1(NC)C(=O)OC. The van der Waals surface area contributed by atoms with E-state index < -0.39 is 5.54 Å². The highest BCUT2D eigenvalue weighted by Gasteiger charge is 2.48. The van der Waals surface area contributed by atoms with Gasteiger partial charge in [0.25, 0.3) is 0 Å². The highest BCUT2D eigenvalue weighted by molar-refractivity contribution is 5.81. The van der Waals surface area contributed by atoms with Gasteiger partial charge in [-0.25, -0.2) is 0 Å². The predicted octanol–water partition coefficient (Wildman–Crippen LogP) is 1.42. The maximum Gasteiger partial charge on any atom is 0.326 e. The van der Waals surface area contributed by atoms with Gasteiger partial charge in [-0.2, -0.15) is 0 Å². The minimum atomic E-state index is -0.469. The first-order valence-corrected chi connectivity index (χ1v) is 8.27. The smallest absolute Gasteiger partial charge is 0.326 e. The Labute approximate surface area is 128 Å². The minimum absolute atomic E-state index is 0.0958. The summed E-state index contributed by atoms with van der Waals surface area (Å²) in [5.41, 5.74) is -0.469. The summed E-state index contributed by atoms with van der Waals surface area (Å²) in [5.74, 6) is 0.275. The second kappa shape index (κ2) is 7.56. The maximum absolute atomic E-state index is 12.2. The Balaban J connectivity index is 1.96. The molecule has 2 aliphatic rings. The zero-order valence-corrected chi connectivity index (χ0v) is 13.7. The first kappa shape index (κ1) is 16.7. The monoisotopic (exact) mass is 298 g/mol. The maximum atomic E-state index is 12.2. The summed E-state index contributed by atoms with van der Waals surface area (Å²) in [5, 5.41) is 3.27. The van der Waals surface area contributed by atoms with Crippen molar-refractivity contribution in [1.82, 2.24) is 10.2 Å². The number of morpholine rings is 1. The Morgan fingerprint density at radius 3 is 3.00 bits per heavy atom. The number of esters is 1. The molecule has 0 aromatic rings. The third kappa shape index (κ3) is 3.41. The fourth-order valence-corrected chi connectivity index (χ4v) is 4.03. The molecule has 0 bridgehead atoms. The highest BCUT2D eigenvalue weighted by Crippen LogP contribution is 2.39. The van der Waals surface area contributed by atoms with Gasteiger partial charge >= 0.3 is 5.97 Å². The van der Waals surface area contributed by atoms with Crippen LogP contribution in [0.4, 0.5) is 0 Å². The van der Waals surface area contributed by atoms with Gasteiger partial charge in [-0.15, -0.1) is 0 Å². The lowest BCUT2D eigenvalue weighted by Gasteiger charge is -2.38. The van der Waals surface area contributed by atoms with Gasteiger partial charge in [0.05, 0.1) is 20.3 Å². The third-order valence-corrected chi connectivity index (χ3v) is 5.40. The van der Waals surface area contributed by atoms with E-state index in [1.54, 1.807) is 0 Å². The number of ether oxygens (including phenoxy) is 2. The third-order valence-electron chi connectivity index (χ3n) is 5.40.